The van der Waals surface area contributed by atoms with Crippen LogP contribution in [0.5, 0.6) is 0 Å². The molecule has 1 fully saturated rings. The van der Waals surface area contributed by atoms with Crippen molar-refractivity contribution >= 4 is 53.2 Å². The number of Topliss-reactive ketones (excluding diaryl/α,β-unsaturated/α-hetero) is 1. The summed E-state index contributed by atoms with van der Waals surface area (Å²) in [6.07, 6.45) is -2.04. The van der Waals surface area contributed by atoms with Gasteiger partial charge in [0.25, 0.3) is 0 Å². The summed E-state index contributed by atoms with van der Waals surface area (Å²) in [7, 11) is 0. The van der Waals surface area contributed by atoms with Crippen LogP contribution < -0.4 is 0 Å². The smallest absolute Gasteiger partial charge is 0.374 e. The lowest BCUT2D eigenvalue weighted by atomic mass is 10.0. The zero-order chi connectivity index (χ0) is 29.7. The average Bonchev–Trinajstić information content (AvgIpc) is 2.90. The van der Waals surface area contributed by atoms with E-state index in [-0.39, 0.29) is 54.8 Å². The van der Waals surface area contributed by atoms with Gasteiger partial charge < -0.3 is 28.8 Å². The van der Waals surface area contributed by atoms with Crippen molar-refractivity contribution in [1.82, 2.24) is 0 Å². The van der Waals surface area contributed by atoms with E-state index in [1.54, 1.807) is 23.5 Å². The van der Waals surface area contributed by atoms with Crippen LogP contribution in [0.1, 0.15) is 46.4 Å². The quantitative estimate of drug-likeness (QED) is 0.0676. The second kappa shape index (κ2) is 16.9. The fourth-order valence-electron chi connectivity index (χ4n) is 3.08. The molecule has 1 aromatic rings. The molecule has 1 N–H and O–H groups in total. The fourth-order valence-corrected chi connectivity index (χ4v) is 5.27. The number of aliphatic hydroxyl groups excluding tert-OH is 1. The summed E-state index contributed by atoms with van der Waals surface area (Å²) in [4.78, 5) is 59.4. The molecule has 40 heavy (non-hydrogen) atoms. The summed E-state index contributed by atoms with van der Waals surface area (Å²) >= 11 is 3.24. The summed E-state index contributed by atoms with van der Waals surface area (Å²) in [5, 5.41) is 10.7. The minimum Gasteiger partial charge on any atom is -0.460 e. The standard InChI is InChI=1S/C27H32O11S2/c1-16(2)23(29)34-7-9-37-27(33)22-11-19(25(31)38-20-14-39-12-17(3)13-40-15-20)5-6-21(22)26(32)36-10-8-35-24(30)18(4)28/h5-6,11,20,27,33H,1,3,7-10,12-15H2,2,4H3. The van der Waals surface area contributed by atoms with Crippen LogP contribution in [0.3, 0.4) is 0 Å². The van der Waals surface area contributed by atoms with Crippen molar-refractivity contribution in [2.75, 3.05) is 49.4 Å². The fraction of sp³-hybridized carbons (Fsp3) is 0.444. The molecule has 1 aliphatic rings. The van der Waals surface area contributed by atoms with Crippen molar-refractivity contribution in [3.05, 3.63) is 59.2 Å². The first-order valence-electron chi connectivity index (χ1n) is 12.1. The van der Waals surface area contributed by atoms with E-state index in [9.17, 15) is 29.1 Å². The van der Waals surface area contributed by atoms with Crippen LogP contribution in [0.15, 0.2) is 42.5 Å². The molecule has 0 saturated carbocycles. The van der Waals surface area contributed by atoms with Crippen molar-refractivity contribution in [2.45, 2.75) is 26.2 Å². The Morgan fingerprint density at radius 2 is 1.52 bits per heavy atom. The van der Waals surface area contributed by atoms with Gasteiger partial charge in [0.05, 0.1) is 17.7 Å². The Balaban J connectivity index is 2.13. The third-order valence-corrected chi connectivity index (χ3v) is 7.48. The third kappa shape index (κ3) is 11.2. The molecular formula is C27H32O11S2. The first kappa shape index (κ1) is 33.1. The van der Waals surface area contributed by atoms with Crippen molar-refractivity contribution in [3.63, 3.8) is 0 Å². The van der Waals surface area contributed by atoms with Gasteiger partial charge in [-0.15, -0.1) is 0 Å². The Labute approximate surface area is 240 Å². The molecule has 218 valence electrons. The molecule has 1 aliphatic heterocycles. The van der Waals surface area contributed by atoms with E-state index in [2.05, 4.69) is 17.9 Å². The van der Waals surface area contributed by atoms with E-state index >= 15 is 0 Å². The Hall–Kier alpha value is -3.13. The number of esters is 4. The molecule has 0 aromatic heterocycles. The second-order valence-corrected chi connectivity index (χ2v) is 10.6. The molecule has 0 bridgehead atoms. The highest BCUT2D eigenvalue weighted by Crippen LogP contribution is 2.25. The number of benzene rings is 1. The Bertz CT molecular complexity index is 1120. The molecule has 1 saturated heterocycles. The largest absolute Gasteiger partial charge is 0.460 e. The highest BCUT2D eigenvalue weighted by atomic mass is 32.2. The molecule has 0 radical (unpaired) electrons. The first-order valence-corrected chi connectivity index (χ1v) is 14.4. The van der Waals surface area contributed by atoms with Crippen LogP contribution in [-0.4, -0.2) is 90.3 Å². The van der Waals surface area contributed by atoms with E-state index < -0.39 is 36.0 Å². The lowest BCUT2D eigenvalue weighted by Crippen LogP contribution is -2.25. The van der Waals surface area contributed by atoms with Gasteiger partial charge >= 0.3 is 23.9 Å². The second-order valence-electron chi connectivity index (χ2n) is 8.58. The third-order valence-electron chi connectivity index (χ3n) is 5.04. The molecule has 1 unspecified atom stereocenters. The van der Waals surface area contributed by atoms with Gasteiger partial charge in [-0.25, -0.2) is 19.2 Å². The van der Waals surface area contributed by atoms with E-state index in [0.29, 0.717) is 11.5 Å². The van der Waals surface area contributed by atoms with Gasteiger partial charge in [-0.1, -0.05) is 18.7 Å². The number of ketones is 1. The highest BCUT2D eigenvalue weighted by molar-refractivity contribution is 8.01. The summed E-state index contributed by atoms with van der Waals surface area (Å²) in [5.41, 5.74) is 1.16. The molecule has 0 aliphatic carbocycles. The van der Waals surface area contributed by atoms with Crippen LogP contribution in [-0.2, 0) is 38.1 Å². The Morgan fingerprint density at radius 1 is 0.925 bits per heavy atom. The van der Waals surface area contributed by atoms with Gasteiger partial charge in [0.1, 0.15) is 25.9 Å². The molecule has 1 aromatic carbocycles. The minimum absolute atomic E-state index is 0.0692. The predicted molar refractivity (Wildman–Crippen MR) is 148 cm³/mol. The van der Waals surface area contributed by atoms with Crippen LogP contribution in [0.25, 0.3) is 0 Å². The number of carbonyl (C=O) groups is 5. The molecule has 1 heterocycles. The number of rotatable bonds is 13. The zero-order valence-electron chi connectivity index (χ0n) is 22.3. The number of ether oxygens (including phenoxy) is 5. The summed E-state index contributed by atoms with van der Waals surface area (Å²) < 4.78 is 25.7. The Kier molecular flexibility index (Phi) is 13.9. The average molecular weight is 597 g/mol. The van der Waals surface area contributed by atoms with Crippen LogP contribution >= 0.6 is 23.5 Å². The van der Waals surface area contributed by atoms with E-state index in [1.807, 2.05) is 0 Å². The Morgan fingerprint density at radius 3 is 2.15 bits per heavy atom. The molecule has 11 nitrogen and oxygen atoms in total. The SMILES string of the molecule is C=C1CSCC(OC(=O)c2ccc(C(=O)OCCOC(=O)C(C)=O)c(C(O)OCCOC(=O)C(=C)C)c2)CSC1. The molecule has 0 amide bonds. The summed E-state index contributed by atoms with van der Waals surface area (Å²) in [6.45, 7) is 8.83. The maximum Gasteiger partial charge on any atom is 0.374 e. The van der Waals surface area contributed by atoms with Gasteiger partial charge in [-0.3, -0.25) is 4.79 Å². The van der Waals surface area contributed by atoms with Crippen molar-refractivity contribution in [3.8, 4) is 0 Å². The molecular weight excluding hydrogens is 564 g/mol. The molecule has 1 atom stereocenters. The maximum atomic E-state index is 12.9. The number of hydrogen-bond donors (Lipinski definition) is 1. The van der Waals surface area contributed by atoms with Crippen molar-refractivity contribution in [2.24, 2.45) is 0 Å². The van der Waals surface area contributed by atoms with Crippen LogP contribution in [0, 0.1) is 0 Å². The van der Waals surface area contributed by atoms with Gasteiger partial charge in [0.2, 0.25) is 5.78 Å². The minimum atomic E-state index is -1.70. The molecule has 0 spiro atoms. The zero-order valence-corrected chi connectivity index (χ0v) is 23.9. The summed E-state index contributed by atoms with van der Waals surface area (Å²) in [6, 6.07) is 3.88. The van der Waals surface area contributed by atoms with Gasteiger partial charge in [0, 0.05) is 41.1 Å². The molecule has 2 rings (SSSR count). The first-order chi connectivity index (χ1) is 19.0. The number of aliphatic hydroxyl groups is 1. The summed E-state index contributed by atoms with van der Waals surface area (Å²) in [5.74, 6) is -1.30. The van der Waals surface area contributed by atoms with Crippen molar-refractivity contribution < 1.29 is 52.8 Å². The number of carbonyl (C=O) groups excluding carboxylic acids is 5. The lowest BCUT2D eigenvalue weighted by Gasteiger charge is -2.21. The van der Waals surface area contributed by atoms with E-state index in [0.717, 1.165) is 24.0 Å². The van der Waals surface area contributed by atoms with Gasteiger partial charge in [0.15, 0.2) is 6.29 Å². The van der Waals surface area contributed by atoms with Crippen molar-refractivity contribution in [1.29, 1.82) is 0 Å². The molecule has 13 heteroatoms. The maximum absolute atomic E-state index is 12.9. The highest BCUT2D eigenvalue weighted by Gasteiger charge is 2.24. The normalized spacial score (nSPS) is 14.7. The monoisotopic (exact) mass is 596 g/mol. The van der Waals surface area contributed by atoms with Crippen LogP contribution in [0.4, 0.5) is 0 Å². The van der Waals surface area contributed by atoms with E-state index in [1.165, 1.54) is 25.1 Å². The van der Waals surface area contributed by atoms with Crippen LogP contribution in [0.2, 0.25) is 0 Å². The van der Waals surface area contributed by atoms with E-state index in [4.69, 9.17) is 18.9 Å². The van der Waals surface area contributed by atoms with Gasteiger partial charge in [-0.05, 0) is 25.1 Å². The van der Waals surface area contributed by atoms with Gasteiger partial charge in [-0.2, -0.15) is 23.5 Å². The number of hydrogen-bond acceptors (Lipinski definition) is 13. The lowest BCUT2D eigenvalue weighted by molar-refractivity contribution is -0.153. The topological polar surface area (TPSA) is 152 Å². The predicted octanol–water partition coefficient (Wildman–Crippen LogP) is 2.66. The number of thioether (sulfide) groups is 2.